The average molecular weight is 454 g/mol. The van der Waals surface area contributed by atoms with Gasteiger partial charge in [0.2, 0.25) is 5.91 Å². The summed E-state index contributed by atoms with van der Waals surface area (Å²) in [6, 6.07) is 14.8. The normalized spacial score (nSPS) is 14.7. The molecule has 0 unspecified atom stereocenters. The van der Waals surface area contributed by atoms with E-state index in [-0.39, 0.29) is 17.7 Å². The van der Waals surface area contributed by atoms with Gasteiger partial charge in [-0.05, 0) is 36.2 Å². The number of nitrogens with one attached hydrogen (secondary N) is 2. The molecule has 29 heavy (non-hydrogen) atoms. The molecule has 0 spiro atoms. The minimum absolute atomic E-state index is 0.00809. The van der Waals surface area contributed by atoms with E-state index in [9.17, 15) is 9.59 Å². The molecule has 1 aliphatic rings. The third kappa shape index (κ3) is 3.94. The van der Waals surface area contributed by atoms with Crippen LogP contribution in [0.1, 0.15) is 35.5 Å². The van der Waals surface area contributed by atoms with E-state index in [2.05, 4.69) is 38.4 Å². The van der Waals surface area contributed by atoms with Gasteiger partial charge in [-0.25, -0.2) is 0 Å². The van der Waals surface area contributed by atoms with E-state index in [0.29, 0.717) is 18.7 Å². The Morgan fingerprint density at radius 3 is 2.55 bits per heavy atom. The number of amides is 2. The van der Waals surface area contributed by atoms with Crippen LogP contribution >= 0.6 is 15.9 Å². The van der Waals surface area contributed by atoms with Crippen LogP contribution in [0.4, 0.5) is 0 Å². The molecule has 4 rings (SSSR count). The number of carbonyl (C=O) groups excluding carboxylic acids is 2. The Morgan fingerprint density at radius 1 is 1.10 bits per heavy atom. The summed E-state index contributed by atoms with van der Waals surface area (Å²) in [5, 5.41) is 4.12. The van der Waals surface area contributed by atoms with Crippen molar-refractivity contribution in [2.45, 2.75) is 32.9 Å². The van der Waals surface area contributed by atoms with E-state index in [1.807, 2.05) is 43.0 Å². The highest BCUT2D eigenvalue weighted by Crippen LogP contribution is 2.28. The summed E-state index contributed by atoms with van der Waals surface area (Å²) >= 11 is 3.38. The van der Waals surface area contributed by atoms with E-state index in [1.54, 1.807) is 12.1 Å². The molecule has 0 saturated carbocycles. The SMILES string of the molecule is CC(C)[C@@H](NC(=O)c1ccc(Br)cc1)C(=O)N1CCc2[nH]c3ccccc3c2C1. The lowest BCUT2D eigenvalue weighted by Crippen LogP contribution is -2.52. The van der Waals surface area contributed by atoms with Crippen LogP contribution in [0, 0.1) is 5.92 Å². The number of fused-ring (bicyclic) bond motifs is 3. The van der Waals surface area contributed by atoms with Crippen molar-refractivity contribution in [3.05, 3.63) is 69.8 Å². The van der Waals surface area contributed by atoms with Gasteiger partial charge in [0, 0.05) is 51.7 Å². The van der Waals surface area contributed by atoms with E-state index >= 15 is 0 Å². The Morgan fingerprint density at radius 2 is 1.83 bits per heavy atom. The molecule has 1 atom stereocenters. The molecular weight excluding hydrogens is 430 g/mol. The van der Waals surface area contributed by atoms with E-state index < -0.39 is 6.04 Å². The molecule has 0 saturated heterocycles. The second-order valence-electron chi connectivity index (χ2n) is 7.84. The standard InChI is InChI=1S/C23H24BrN3O2/c1-14(2)21(26-22(28)15-7-9-16(24)10-8-15)23(29)27-12-11-20-18(13-27)17-5-3-4-6-19(17)25-20/h3-10,14,21,25H,11-13H2,1-2H3,(H,26,28)/t21-/m1/s1. The van der Waals surface area contributed by atoms with Gasteiger partial charge in [0.15, 0.2) is 0 Å². The highest BCUT2D eigenvalue weighted by Gasteiger charge is 2.32. The van der Waals surface area contributed by atoms with E-state index in [1.165, 1.54) is 16.6 Å². The first-order chi connectivity index (χ1) is 13.9. The van der Waals surface area contributed by atoms with Crippen molar-refractivity contribution in [2.75, 3.05) is 6.54 Å². The number of aromatic nitrogens is 1. The van der Waals surface area contributed by atoms with Crippen LogP contribution in [0.3, 0.4) is 0 Å². The maximum absolute atomic E-state index is 13.3. The number of carbonyl (C=O) groups is 2. The van der Waals surface area contributed by atoms with Gasteiger partial charge in [-0.2, -0.15) is 0 Å². The van der Waals surface area contributed by atoms with Crippen molar-refractivity contribution in [1.82, 2.24) is 15.2 Å². The zero-order chi connectivity index (χ0) is 20.5. The van der Waals surface area contributed by atoms with E-state index in [4.69, 9.17) is 0 Å². The van der Waals surface area contributed by atoms with Crippen molar-refractivity contribution in [1.29, 1.82) is 0 Å². The van der Waals surface area contributed by atoms with Crippen LogP contribution in [-0.4, -0.2) is 34.3 Å². The molecule has 2 amide bonds. The molecule has 5 nitrogen and oxygen atoms in total. The van der Waals surface area contributed by atoms with Crippen LogP contribution < -0.4 is 5.32 Å². The first-order valence-electron chi connectivity index (χ1n) is 9.87. The highest BCUT2D eigenvalue weighted by atomic mass is 79.9. The van der Waals surface area contributed by atoms with Gasteiger partial charge in [0.1, 0.15) is 6.04 Å². The minimum atomic E-state index is -0.557. The predicted octanol–water partition coefficient (Wildman–Crippen LogP) is 4.27. The molecule has 0 radical (unpaired) electrons. The summed E-state index contributed by atoms with van der Waals surface area (Å²) in [5.74, 6) is -0.262. The lowest BCUT2D eigenvalue weighted by atomic mass is 9.99. The Balaban J connectivity index is 1.53. The number of halogens is 1. The number of hydrogen-bond donors (Lipinski definition) is 2. The third-order valence-electron chi connectivity index (χ3n) is 5.52. The van der Waals surface area contributed by atoms with Gasteiger partial charge < -0.3 is 15.2 Å². The molecule has 6 heteroatoms. The maximum Gasteiger partial charge on any atom is 0.251 e. The first kappa shape index (κ1) is 19.7. The van der Waals surface area contributed by atoms with Crippen LogP contribution in [0.15, 0.2) is 53.0 Å². The zero-order valence-corrected chi connectivity index (χ0v) is 18.1. The molecule has 2 aromatic carbocycles. The molecule has 0 fully saturated rings. The molecule has 2 N–H and O–H groups in total. The Kier molecular flexibility index (Phi) is 5.46. The Bertz CT molecular complexity index is 1060. The fourth-order valence-corrected chi connectivity index (χ4v) is 4.16. The molecule has 0 bridgehead atoms. The molecule has 0 aliphatic carbocycles. The molecule has 150 valence electrons. The molecule has 3 aromatic rings. The van der Waals surface area contributed by atoms with Crippen molar-refractivity contribution < 1.29 is 9.59 Å². The summed E-state index contributed by atoms with van der Waals surface area (Å²) in [4.78, 5) is 31.4. The Labute approximate surface area is 178 Å². The largest absolute Gasteiger partial charge is 0.358 e. The monoisotopic (exact) mass is 453 g/mol. The second-order valence-corrected chi connectivity index (χ2v) is 8.76. The quantitative estimate of drug-likeness (QED) is 0.619. The van der Waals surface area contributed by atoms with Gasteiger partial charge in [-0.15, -0.1) is 0 Å². The fourth-order valence-electron chi connectivity index (χ4n) is 3.89. The number of nitrogens with zero attached hydrogens (tertiary/aromatic N) is 1. The van der Waals surface area contributed by atoms with Crippen molar-refractivity contribution in [3.8, 4) is 0 Å². The van der Waals surface area contributed by atoms with Gasteiger partial charge >= 0.3 is 0 Å². The van der Waals surface area contributed by atoms with E-state index in [0.717, 1.165) is 16.4 Å². The van der Waals surface area contributed by atoms with Gasteiger partial charge in [-0.1, -0.05) is 48.0 Å². The summed E-state index contributed by atoms with van der Waals surface area (Å²) in [7, 11) is 0. The first-order valence-corrected chi connectivity index (χ1v) is 10.7. The Hall–Kier alpha value is -2.60. The van der Waals surface area contributed by atoms with Crippen molar-refractivity contribution >= 4 is 38.6 Å². The van der Waals surface area contributed by atoms with Gasteiger partial charge in [-0.3, -0.25) is 9.59 Å². The number of hydrogen-bond acceptors (Lipinski definition) is 2. The lowest BCUT2D eigenvalue weighted by Gasteiger charge is -2.32. The smallest absolute Gasteiger partial charge is 0.251 e. The van der Waals surface area contributed by atoms with Crippen LogP contribution in [0.5, 0.6) is 0 Å². The average Bonchev–Trinajstić information content (AvgIpc) is 3.09. The molecule has 1 aliphatic heterocycles. The minimum Gasteiger partial charge on any atom is -0.358 e. The van der Waals surface area contributed by atoms with Crippen LogP contribution in [-0.2, 0) is 17.8 Å². The van der Waals surface area contributed by atoms with Crippen molar-refractivity contribution in [3.63, 3.8) is 0 Å². The number of H-pyrrole nitrogens is 1. The van der Waals surface area contributed by atoms with Gasteiger partial charge in [0.25, 0.3) is 5.91 Å². The van der Waals surface area contributed by atoms with Crippen LogP contribution in [0.2, 0.25) is 0 Å². The second kappa shape index (κ2) is 8.03. The molecule has 2 heterocycles. The number of aromatic amines is 1. The zero-order valence-electron chi connectivity index (χ0n) is 16.5. The predicted molar refractivity (Wildman–Crippen MR) is 118 cm³/mol. The number of para-hydroxylation sites is 1. The third-order valence-corrected chi connectivity index (χ3v) is 6.05. The van der Waals surface area contributed by atoms with Gasteiger partial charge in [0.05, 0.1) is 0 Å². The number of benzene rings is 2. The lowest BCUT2D eigenvalue weighted by molar-refractivity contribution is -0.135. The number of rotatable bonds is 4. The van der Waals surface area contributed by atoms with Crippen molar-refractivity contribution in [2.24, 2.45) is 5.92 Å². The summed E-state index contributed by atoms with van der Waals surface area (Å²) in [6.07, 6.45) is 0.793. The molecular formula is C23H24BrN3O2. The maximum atomic E-state index is 13.3. The fraction of sp³-hybridized carbons (Fsp3) is 0.304. The highest BCUT2D eigenvalue weighted by molar-refractivity contribution is 9.10. The summed E-state index contributed by atoms with van der Waals surface area (Å²) < 4.78 is 0.911. The molecule has 1 aromatic heterocycles. The topological polar surface area (TPSA) is 65.2 Å². The summed E-state index contributed by atoms with van der Waals surface area (Å²) in [6.45, 7) is 5.14. The van der Waals surface area contributed by atoms with Crippen LogP contribution in [0.25, 0.3) is 10.9 Å². The summed E-state index contributed by atoms with van der Waals surface area (Å²) in [5.41, 5.74) is 4.04.